The maximum Gasteiger partial charge on any atom is 0.224 e. The van der Waals surface area contributed by atoms with Gasteiger partial charge in [0.1, 0.15) is 0 Å². The van der Waals surface area contributed by atoms with Gasteiger partial charge in [0.25, 0.3) is 0 Å². The maximum atomic E-state index is 13.0. The van der Waals surface area contributed by atoms with Crippen molar-refractivity contribution in [3.63, 3.8) is 0 Å². The van der Waals surface area contributed by atoms with Crippen LogP contribution >= 0.6 is 23.2 Å². The smallest absolute Gasteiger partial charge is 0.224 e. The van der Waals surface area contributed by atoms with Gasteiger partial charge in [0.05, 0.1) is 11.7 Å². The summed E-state index contributed by atoms with van der Waals surface area (Å²) in [6.45, 7) is 0.953. The van der Waals surface area contributed by atoms with Gasteiger partial charge in [-0.3, -0.25) is 4.79 Å². The van der Waals surface area contributed by atoms with E-state index < -0.39 is 10.0 Å². The molecule has 0 saturated carbocycles. The van der Waals surface area contributed by atoms with Crippen LogP contribution in [-0.4, -0.2) is 31.7 Å². The zero-order valence-corrected chi connectivity index (χ0v) is 19.8. The Kier molecular flexibility index (Phi) is 7.05. The lowest BCUT2D eigenvalue weighted by Gasteiger charge is -2.31. The van der Waals surface area contributed by atoms with Crippen LogP contribution in [-0.2, 0) is 27.1 Å². The van der Waals surface area contributed by atoms with E-state index in [2.05, 4.69) is 11.4 Å². The number of carbonyl (C=O) groups is 1. The lowest BCUT2D eigenvalue weighted by Crippen LogP contribution is -2.45. The number of benzene rings is 3. The number of sulfonamides is 1. The Hall–Kier alpha value is -2.12. The molecule has 1 aliphatic heterocycles. The maximum absolute atomic E-state index is 13.0. The van der Waals surface area contributed by atoms with Crippen LogP contribution in [0.1, 0.15) is 24.0 Å². The summed E-state index contributed by atoms with van der Waals surface area (Å²) < 4.78 is 27.4. The van der Waals surface area contributed by atoms with Gasteiger partial charge in [0.15, 0.2) is 0 Å². The second kappa shape index (κ2) is 9.79. The lowest BCUT2D eigenvalue weighted by atomic mass is 9.98. The summed E-state index contributed by atoms with van der Waals surface area (Å²) in [5.74, 6) is -0.800. The zero-order valence-electron chi connectivity index (χ0n) is 17.4. The summed E-state index contributed by atoms with van der Waals surface area (Å²) in [5.41, 5.74) is 1.39. The van der Waals surface area contributed by atoms with E-state index in [4.69, 9.17) is 23.2 Å². The predicted octanol–water partition coefficient (Wildman–Crippen LogP) is 5.00. The fourth-order valence-electron chi connectivity index (χ4n) is 4.04. The number of nitrogens with zero attached hydrogens (tertiary/aromatic N) is 1. The van der Waals surface area contributed by atoms with Gasteiger partial charge >= 0.3 is 0 Å². The minimum atomic E-state index is -3.65. The van der Waals surface area contributed by atoms with Gasteiger partial charge in [-0.25, -0.2) is 12.7 Å². The van der Waals surface area contributed by atoms with Gasteiger partial charge in [0, 0.05) is 35.2 Å². The van der Waals surface area contributed by atoms with Crippen LogP contribution < -0.4 is 5.32 Å². The van der Waals surface area contributed by atoms with Gasteiger partial charge < -0.3 is 5.32 Å². The van der Waals surface area contributed by atoms with Gasteiger partial charge in [0.2, 0.25) is 15.9 Å². The second-order valence-corrected chi connectivity index (χ2v) is 10.8. The standard InChI is InChI=1S/C24H24Cl2N2O3S/c25-22-8-3-9-23(26)21(22)16-32(30,31)28-12-4-7-20(15-28)24(29)27-14-17-10-11-18-5-1-2-6-19(18)13-17/h1-3,5-6,8-11,13,20H,4,7,12,14-16H2,(H,27,29)/t20-/m0/s1. The highest BCUT2D eigenvalue weighted by Gasteiger charge is 2.33. The SMILES string of the molecule is O=C(NCc1ccc2ccccc2c1)[C@H]1CCCN(S(=O)(=O)Cc2c(Cl)cccc2Cl)C1. The molecular weight excluding hydrogens is 467 g/mol. The van der Waals surface area contributed by atoms with E-state index >= 15 is 0 Å². The number of nitrogens with one attached hydrogen (secondary N) is 1. The molecule has 32 heavy (non-hydrogen) atoms. The molecule has 0 aromatic heterocycles. The summed E-state index contributed by atoms with van der Waals surface area (Å²) >= 11 is 12.3. The molecular formula is C24H24Cl2N2O3S. The molecule has 1 atom stereocenters. The van der Waals surface area contributed by atoms with Crippen molar-refractivity contribution in [1.29, 1.82) is 0 Å². The van der Waals surface area contributed by atoms with Crippen molar-refractivity contribution < 1.29 is 13.2 Å². The molecule has 0 unspecified atom stereocenters. The first kappa shape index (κ1) is 23.1. The van der Waals surface area contributed by atoms with Crippen LogP contribution in [0.25, 0.3) is 10.8 Å². The number of rotatable bonds is 6. The first-order chi connectivity index (χ1) is 15.3. The van der Waals surface area contributed by atoms with Crippen molar-refractivity contribution >= 4 is 49.9 Å². The Labute approximate surface area is 198 Å². The van der Waals surface area contributed by atoms with Gasteiger partial charge in [-0.05, 0) is 47.4 Å². The number of amides is 1. The third kappa shape index (κ3) is 5.26. The molecule has 8 heteroatoms. The molecule has 0 aliphatic carbocycles. The number of fused-ring (bicyclic) bond motifs is 1. The van der Waals surface area contributed by atoms with Crippen molar-refractivity contribution in [1.82, 2.24) is 9.62 Å². The molecule has 1 N–H and O–H groups in total. The predicted molar refractivity (Wildman–Crippen MR) is 129 cm³/mol. The van der Waals surface area contributed by atoms with Crippen molar-refractivity contribution in [2.75, 3.05) is 13.1 Å². The number of hydrogen-bond donors (Lipinski definition) is 1. The molecule has 0 spiro atoms. The normalized spacial score (nSPS) is 17.4. The fraction of sp³-hybridized carbons (Fsp3) is 0.292. The van der Waals surface area contributed by atoms with Crippen molar-refractivity contribution in [2.24, 2.45) is 5.92 Å². The van der Waals surface area contributed by atoms with E-state index in [-0.39, 0.29) is 24.1 Å². The fourth-order valence-corrected chi connectivity index (χ4v) is 6.40. The average Bonchev–Trinajstić information content (AvgIpc) is 2.80. The van der Waals surface area contributed by atoms with Crippen LogP contribution in [0.5, 0.6) is 0 Å². The van der Waals surface area contributed by atoms with E-state index in [0.717, 1.165) is 16.3 Å². The van der Waals surface area contributed by atoms with Crippen molar-refractivity contribution in [3.05, 3.63) is 81.8 Å². The molecule has 1 heterocycles. The molecule has 5 nitrogen and oxygen atoms in total. The van der Waals surface area contributed by atoms with Gasteiger partial charge in [-0.1, -0.05) is 65.7 Å². The van der Waals surface area contributed by atoms with E-state index in [9.17, 15) is 13.2 Å². The Morgan fingerprint density at radius 2 is 1.72 bits per heavy atom. The van der Waals surface area contributed by atoms with Gasteiger partial charge in [-0.15, -0.1) is 0 Å². The highest BCUT2D eigenvalue weighted by Crippen LogP contribution is 2.29. The monoisotopic (exact) mass is 490 g/mol. The summed E-state index contributed by atoms with van der Waals surface area (Å²) in [6.07, 6.45) is 1.28. The van der Waals surface area contributed by atoms with Crippen LogP contribution in [0.4, 0.5) is 0 Å². The number of piperidine rings is 1. The number of halogens is 2. The van der Waals surface area contributed by atoms with E-state index in [0.29, 0.717) is 41.5 Å². The van der Waals surface area contributed by atoms with Crippen LogP contribution in [0.3, 0.4) is 0 Å². The lowest BCUT2D eigenvalue weighted by molar-refractivity contribution is -0.126. The summed E-state index contributed by atoms with van der Waals surface area (Å²) in [6, 6.07) is 19.1. The van der Waals surface area contributed by atoms with E-state index in [1.54, 1.807) is 18.2 Å². The van der Waals surface area contributed by atoms with Gasteiger partial charge in [-0.2, -0.15) is 0 Å². The molecule has 3 aromatic carbocycles. The Balaban J connectivity index is 1.39. The largest absolute Gasteiger partial charge is 0.352 e. The van der Waals surface area contributed by atoms with Crippen LogP contribution in [0, 0.1) is 5.92 Å². The van der Waals surface area contributed by atoms with Crippen molar-refractivity contribution in [2.45, 2.75) is 25.1 Å². The molecule has 1 fully saturated rings. The van der Waals surface area contributed by atoms with Crippen molar-refractivity contribution in [3.8, 4) is 0 Å². The Morgan fingerprint density at radius 1 is 1.00 bits per heavy atom. The highest BCUT2D eigenvalue weighted by molar-refractivity contribution is 7.88. The zero-order chi connectivity index (χ0) is 22.7. The Bertz CT molecular complexity index is 1230. The molecule has 0 radical (unpaired) electrons. The average molecular weight is 491 g/mol. The molecule has 1 amide bonds. The summed E-state index contributed by atoms with van der Waals surface area (Å²) in [7, 11) is -3.65. The molecule has 1 saturated heterocycles. The first-order valence-corrected chi connectivity index (χ1v) is 12.9. The third-order valence-electron chi connectivity index (χ3n) is 5.82. The van der Waals surface area contributed by atoms with E-state index in [1.807, 2.05) is 36.4 Å². The first-order valence-electron chi connectivity index (χ1n) is 10.5. The Morgan fingerprint density at radius 3 is 2.47 bits per heavy atom. The van der Waals surface area contributed by atoms with Crippen LogP contribution in [0.15, 0.2) is 60.7 Å². The van der Waals surface area contributed by atoms with Crippen LogP contribution in [0.2, 0.25) is 10.0 Å². The minimum Gasteiger partial charge on any atom is -0.352 e. The quantitative estimate of drug-likeness (QED) is 0.528. The number of carbonyl (C=O) groups excluding carboxylic acids is 1. The topological polar surface area (TPSA) is 66.5 Å². The third-order valence-corrected chi connectivity index (χ3v) is 8.30. The molecule has 4 rings (SSSR count). The second-order valence-electron chi connectivity index (χ2n) is 8.05. The number of hydrogen-bond acceptors (Lipinski definition) is 3. The molecule has 0 bridgehead atoms. The summed E-state index contributed by atoms with van der Waals surface area (Å²) in [5, 5.41) is 5.88. The molecule has 1 aliphatic rings. The highest BCUT2D eigenvalue weighted by atomic mass is 35.5. The minimum absolute atomic E-state index is 0.131. The molecule has 3 aromatic rings. The van der Waals surface area contributed by atoms with E-state index in [1.165, 1.54) is 4.31 Å². The molecule has 168 valence electrons. The summed E-state index contributed by atoms with van der Waals surface area (Å²) in [4.78, 5) is 12.8.